The SMILES string of the molecule is NCN1CCNCC1c1ccccc1. The molecule has 1 fully saturated rings. The van der Waals surface area contributed by atoms with Gasteiger partial charge >= 0.3 is 0 Å². The number of hydrogen-bond acceptors (Lipinski definition) is 3. The molecule has 0 bridgehead atoms. The molecule has 3 N–H and O–H groups in total. The van der Waals surface area contributed by atoms with E-state index < -0.39 is 0 Å². The molecule has 0 spiro atoms. The second-order valence-electron chi connectivity index (χ2n) is 3.63. The smallest absolute Gasteiger partial charge is 0.0485 e. The van der Waals surface area contributed by atoms with Crippen molar-refractivity contribution in [2.45, 2.75) is 6.04 Å². The summed E-state index contributed by atoms with van der Waals surface area (Å²) in [5, 5.41) is 3.40. The van der Waals surface area contributed by atoms with E-state index in [-0.39, 0.29) is 0 Å². The van der Waals surface area contributed by atoms with Crippen LogP contribution in [0.1, 0.15) is 11.6 Å². The number of nitrogens with one attached hydrogen (secondary N) is 1. The van der Waals surface area contributed by atoms with Crippen molar-refractivity contribution >= 4 is 0 Å². The van der Waals surface area contributed by atoms with E-state index in [0.717, 1.165) is 19.6 Å². The molecule has 1 aliphatic heterocycles. The van der Waals surface area contributed by atoms with Gasteiger partial charge in [0, 0.05) is 32.3 Å². The van der Waals surface area contributed by atoms with Crippen LogP contribution in [0.3, 0.4) is 0 Å². The van der Waals surface area contributed by atoms with Crippen molar-refractivity contribution < 1.29 is 0 Å². The van der Waals surface area contributed by atoms with Crippen molar-refractivity contribution in [2.24, 2.45) is 5.73 Å². The molecule has 0 saturated carbocycles. The van der Waals surface area contributed by atoms with Crippen molar-refractivity contribution in [2.75, 3.05) is 26.3 Å². The molecule has 3 heteroatoms. The zero-order valence-corrected chi connectivity index (χ0v) is 8.32. The Morgan fingerprint density at radius 2 is 2.14 bits per heavy atom. The van der Waals surface area contributed by atoms with Crippen LogP contribution in [-0.4, -0.2) is 31.2 Å². The summed E-state index contributed by atoms with van der Waals surface area (Å²) >= 11 is 0. The summed E-state index contributed by atoms with van der Waals surface area (Å²) < 4.78 is 0. The van der Waals surface area contributed by atoms with Gasteiger partial charge < -0.3 is 11.1 Å². The Morgan fingerprint density at radius 1 is 1.36 bits per heavy atom. The highest BCUT2D eigenvalue weighted by atomic mass is 15.2. The molecule has 1 aromatic rings. The molecule has 1 heterocycles. The average molecular weight is 191 g/mol. The summed E-state index contributed by atoms with van der Waals surface area (Å²) in [5.41, 5.74) is 7.08. The van der Waals surface area contributed by atoms with Gasteiger partial charge in [-0.2, -0.15) is 0 Å². The number of nitrogens with two attached hydrogens (primary N) is 1. The van der Waals surface area contributed by atoms with Gasteiger partial charge in [-0.1, -0.05) is 30.3 Å². The fourth-order valence-electron chi connectivity index (χ4n) is 1.97. The van der Waals surface area contributed by atoms with Crippen LogP contribution in [0.25, 0.3) is 0 Å². The van der Waals surface area contributed by atoms with Crippen LogP contribution in [0.2, 0.25) is 0 Å². The Balaban J connectivity index is 2.15. The molecule has 1 unspecified atom stereocenters. The van der Waals surface area contributed by atoms with E-state index in [1.165, 1.54) is 5.56 Å². The van der Waals surface area contributed by atoms with Gasteiger partial charge in [0.25, 0.3) is 0 Å². The molecule has 1 aliphatic rings. The molecule has 0 amide bonds. The van der Waals surface area contributed by atoms with Gasteiger partial charge in [0.1, 0.15) is 0 Å². The maximum atomic E-state index is 5.73. The zero-order valence-electron chi connectivity index (χ0n) is 8.32. The van der Waals surface area contributed by atoms with E-state index in [1.54, 1.807) is 0 Å². The predicted octanol–water partition coefficient (Wildman–Crippen LogP) is 0.549. The van der Waals surface area contributed by atoms with Crippen LogP contribution in [0.4, 0.5) is 0 Å². The quantitative estimate of drug-likeness (QED) is 0.717. The minimum atomic E-state index is 0.440. The molecule has 3 nitrogen and oxygen atoms in total. The summed E-state index contributed by atoms with van der Waals surface area (Å²) in [4.78, 5) is 2.31. The van der Waals surface area contributed by atoms with Crippen molar-refractivity contribution in [3.63, 3.8) is 0 Å². The Kier molecular flexibility index (Phi) is 3.14. The number of benzene rings is 1. The van der Waals surface area contributed by atoms with Crippen LogP contribution in [0.15, 0.2) is 30.3 Å². The number of nitrogens with zero attached hydrogens (tertiary/aromatic N) is 1. The Hall–Kier alpha value is -0.900. The van der Waals surface area contributed by atoms with Crippen molar-refractivity contribution in [1.82, 2.24) is 10.2 Å². The molecule has 1 aromatic carbocycles. The van der Waals surface area contributed by atoms with Gasteiger partial charge in [-0.3, -0.25) is 4.90 Å². The Bertz CT molecular complexity index is 273. The van der Waals surface area contributed by atoms with Crippen LogP contribution in [0, 0.1) is 0 Å². The molecule has 76 valence electrons. The summed E-state index contributed by atoms with van der Waals surface area (Å²) in [6.07, 6.45) is 0. The lowest BCUT2D eigenvalue weighted by molar-refractivity contribution is 0.166. The molecule has 1 saturated heterocycles. The maximum absolute atomic E-state index is 5.73. The fourth-order valence-corrected chi connectivity index (χ4v) is 1.97. The molecule has 0 radical (unpaired) electrons. The molecule has 0 aliphatic carbocycles. The van der Waals surface area contributed by atoms with Crippen molar-refractivity contribution in [3.05, 3.63) is 35.9 Å². The molecule has 14 heavy (non-hydrogen) atoms. The van der Waals surface area contributed by atoms with E-state index in [1.807, 2.05) is 6.07 Å². The summed E-state index contributed by atoms with van der Waals surface area (Å²) in [6, 6.07) is 11.0. The first-order valence-corrected chi connectivity index (χ1v) is 5.11. The third-order valence-electron chi connectivity index (χ3n) is 2.77. The van der Waals surface area contributed by atoms with Crippen LogP contribution < -0.4 is 11.1 Å². The van der Waals surface area contributed by atoms with E-state index in [9.17, 15) is 0 Å². The minimum Gasteiger partial charge on any atom is -0.318 e. The van der Waals surface area contributed by atoms with E-state index in [2.05, 4.69) is 34.5 Å². The summed E-state index contributed by atoms with van der Waals surface area (Å²) in [7, 11) is 0. The van der Waals surface area contributed by atoms with E-state index in [4.69, 9.17) is 5.73 Å². The molecule has 2 rings (SSSR count). The third kappa shape index (κ3) is 1.95. The Morgan fingerprint density at radius 3 is 2.86 bits per heavy atom. The first kappa shape index (κ1) is 9.65. The maximum Gasteiger partial charge on any atom is 0.0485 e. The van der Waals surface area contributed by atoms with Gasteiger partial charge in [-0.05, 0) is 5.56 Å². The monoisotopic (exact) mass is 191 g/mol. The van der Waals surface area contributed by atoms with Crippen molar-refractivity contribution in [1.29, 1.82) is 0 Å². The molecular weight excluding hydrogens is 174 g/mol. The lowest BCUT2D eigenvalue weighted by Gasteiger charge is -2.35. The van der Waals surface area contributed by atoms with E-state index >= 15 is 0 Å². The first-order valence-electron chi connectivity index (χ1n) is 5.11. The largest absolute Gasteiger partial charge is 0.318 e. The third-order valence-corrected chi connectivity index (χ3v) is 2.77. The van der Waals surface area contributed by atoms with Gasteiger partial charge in [0.05, 0.1) is 0 Å². The van der Waals surface area contributed by atoms with Crippen LogP contribution >= 0.6 is 0 Å². The minimum absolute atomic E-state index is 0.440. The second kappa shape index (κ2) is 4.55. The summed E-state index contributed by atoms with van der Waals surface area (Å²) in [6.45, 7) is 3.72. The fraction of sp³-hybridized carbons (Fsp3) is 0.455. The predicted molar refractivity (Wildman–Crippen MR) is 57.8 cm³/mol. The van der Waals surface area contributed by atoms with Gasteiger partial charge in [0.15, 0.2) is 0 Å². The van der Waals surface area contributed by atoms with Gasteiger partial charge in [0.2, 0.25) is 0 Å². The topological polar surface area (TPSA) is 41.3 Å². The van der Waals surface area contributed by atoms with Gasteiger partial charge in [-0.25, -0.2) is 0 Å². The lowest BCUT2D eigenvalue weighted by atomic mass is 10.0. The lowest BCUT2D eigenvalue weighted by Crippen LogP contribution is -2.48. The second-order valence-corrected chi connectivity index (χ2v) is 3.63. The van der Waals surface area contributed by atoms with Crippen LogP contribution in [-0.2, 0) is 0 Å². The van der Waals surface area contributed by atoms with E-state index in [0.29, 0.717) is 12.7 Å². The molecule has 0 aromatic heterocycles. The van der Waals surface area contributed by atoms with Crippen molar-refractivity contribution in [3.8, 4) is 0 Å². The normalized spacial score (nSPS) is 23.6. The zero-order chi connectivity index (χ0) is 9.80. The summed E-state index contributed by atoms with van der Waals surface area (Å²) in [5.74, 6) is 0. The highest BCUT2D eigenvalue weighted by Gasteiger charge is 2.21. The molecular formula is C11H17N3. The molecule has 1 atom stereocenters. The number of rotatable bonds is 2. The highest BCUT2D eigenvalue weighted by Crippen LogP contribution is 2.20. The Labute approximate surface area is 84.9 Å². The van der Waals surface area contributed by atoms with Gasteiger partial charge in [-0.15, -0.1) is 0 Å². The highest BCUT2D eigenvalue weighted by molar-refractivity contribution is 5.19. The number of hydrogen-bond donors (Lipinski definition) is 2. The average Bonchev–Trinajstić information content (AvgIpc) is 2.30. The standard InChI is InChI=1S/C11H17N3/c12-9-14-7-6-13-8-11(14)10-4-2-1-3-5-10/h1-5,11,13H,6-9,12H2. The number of piperazine rings is 1. The first-order chi connectivity index (χ1) is 6.92. The van der Waals surface area contributed by atoms with Crippen LogP contribution in [0.5, 0.6) is 0 Å².